The number of hydrogen-bond donors (Lipinski definition) is 1. The summed E-state index contributed by atoms with van der Waals surface area (Å²) in [5.74, 6) is 1.39. The van der Waals surface area contributed by atoms with Gasteiger partial charge in [-0.15, -0.1) is 0 Å². The van der Waals surface area contributed by atoms with E-state index in [-0.39, 0.29) is 5.82 Å². The van der Waals surface area contributed by atoms with Gasteiger partial charge in [-0.1, -0.05) is 13.8 Å². The predicted octanol–water partition coefficient (Wildman–Crippen LogP) is 3.87. The summed E-state index contributed by atoms with van der Waals surface area (Å²) in [6.07, 6.45) is 3.19. The molecule has 0 aliphatic heterocycles. The van der Waals surface area contributed by atoms with Gasteiger partial charge < -0.3 is 9.84 Å². The lowest BCUT2D eigenvalue weighted by atomic mass is 9.72. The maximum absolute atomic E-state index is 14.1. The van der Waals surface area contributed by atoms with Crippen LogP contribution in [0.25, 0.3) is 0 Å². The van der Waals surface area contributed by atoms with Gasteiger partial charge in [0.25, 0.3) is 0 Å². The van der Waals surface area contributed by atoms with Crippen LogP contribution in [0.3, 0.4) is 0 Å². The van der Waals surface area contributed by atoms with E-state index in [2.05, 4.69) is 13.8 Å². The fourth-order valence-electron chi connectivity index (χ4n) is 3.05. The summed E-state index contributed by atoms with van der Waals surface area (Å²) >= 11 is 0. The molecular weight excluding hydrogens is 243 g/mol. The first-order valence-electron chi connectivity index (χ1n) is 7.02. The summed E-state index contributed by atoms with van der Waals surface area (Å²) in [7, 11) is 1.51. The maximum Gasteiger partial charge on any atom is 0.132 e. The van der Waals surface area contributed by atoms with Crippen LogP contribution >= 0.6 is 0 Å². The molecule has 3 heteroatoms. The van der Waals surface area contributed by atoms with Crippen LogP contribution in [0.1, 0.15) is 45.1 Å². The number of methoxy groups -OCH3 is 1. The van der Waals surface area contributed by atoms with Crippen molar-refractivity contribution in [2.45, 2.75) is 45.1 Å². The molecule has 1 saturated carbocycles. The summed E-state index contributed by atoms with van der Waals surface area (Å²) in [6.45, 7) is 4.42. The van der Waals surface area contributed by atoms with Crippen molar-refractivity contribution in [1.29, 1.82) is 0 Å². The summed E-state index contributed by atoms with van der Waals surface area (Å²) in [5.41, 5.74) is -0.600. The molecule has 0 heterocycles. The van der Waals surface area contributed by atoms with Crippen LogP contribution in [0, 0.1) is 17.7 Å². The van der Waals surface area contributed by atoms with E-state index in [0.717, 1.165) is 12.8 Å². The molecule has 0 saturated heterocycles. The number of hydrogen-bond acceptors (Lipinski definition) is 2. The highest BCUT2D eigenvalue weighted by molar-refractivity contribution is 5.32. The highest BCUT2D eigenvalue weighted by Crippen LogP contribution is 2.42. The molecule has 0 unspecified atom stereocenters. The van der Waals surface area contributed by atoms with Gasteiger partial charge in [0.05, 0.1) is 12.7 Å². The van der Waals surface area contributed by atoms with E-state index in [0.29, 0.717) is 36.0 Å². The molecule has 2 rings (SSSR count). The van der Waals surface area contributed by atoms with E-state index in [4.69, 9.17) is 4.74 Å². The average molecular weight is 266 g/mol. The third kappa shape index (κ3) is 2.92. The minimum absolute atomic E-state index is 0.371. The van der Waals surface area contributed by atoms with E-state index < -0.39 is 5.60 Å². The molecule has 19 heavy (non-hydrogen) atoms. The molecular formula is C16H23FO2. The van der Waals surface area contributed by atoms with Crippen LogP contribution < -0.4 is 4.74 Å². The second-order valence-corrected chi connectivity index (χ2v) is 5.96. The van der Waals surface area contributed by atoms with Gasteiger partial charge in [-0.2, -0.15) is 0 Å². The topological polar surface area (TPSA) is 29.5 Å². The van der Waals surface area contributed by atoms with Crippen molar-refractivity contribution >= 4 is 0 Å². The van der Waals surface area contributed by atoms with Crippen molar-refractivity contribution in [3.8, 4) is 5.75 Å². The highest BCUT2D eigenvalue weighted by Gasteiger charge is 2.37. The van der Waals surface area contributed by atoms with Gasteiger partial charge in [0, 0.05) is 11.6 Å². The Morgan fingerprint density at radius 1 is 1.32 bits per heavy atom. The van der Waals surface area contributed by atoms with Crippen LogP contribution in [0.4, 0.5) is 4.39 Å². The lowest BCUT2D eigenvalue weighted by Crippen LogP contribution is -2.33. The SMILES string of the molecule is COc1ccc(C2(O)CCC(C(C)C)CC2)c(F)c1. The lowest BCUT2D eigenvalue weighted by molar-refractivity contribution is -0.0227. The maximum atomic E-state index is 14.1. The fourth-order valence-corrected chi connectivity index (χ4v) is 3.05. The Hall–Kier alpha value is -1.09. The van der Waals surface area contributed by atoms with Gasteiger partial charge in [0.1, 0.15) is 11.6 Å². The molecule has 0 bridgehead atoms. The standard InChI is InChI=1S/C16H23FO2/c1-11(2)12-6-8-16(18,9-7-12)14-5-4-13(19-3)10-15(14)17/h4-5,10-12,18H,6-9H2,1-3H3. The Labute approximate surface area is 114 Å². The zero-order valence-corrected chi connectivity index (χ0v) is 11.9. The predicted molar refractivity (Wildman–Crippen MR) is 73.6 cm³/mol. The second-order valence-electron chi connectivity index (χ2n) is 5.96. The van der Waals surface area contributed by atoms with Crippen LogP contribution in [0.15, 0.2) is 18.2 Å². The summed E-state index contributed by atoms with van der Waals surface area (Å²) in [5, 5.41) is 10.7. The number of aliphatic hydroxyl groups is 1. The Bertz CT molecular complexity index is 434. The molecule has 1 N–H and O–H groups in total. The Morgan fingerprint density at radius 3 is 2.42 bits per heavy atom. The number of ether oxygens (including phenoxy) is 1. The Kier molecular flexibility index (Phi) is 4.14. The fraction of sp³-hybridized carbons (Fsp3) is 0.625. The third-order valence-corrected chi connectivity index (χ3v) is 4.48. The van der Waals surface area contributed by atoms with Gasteiger partial charge >= 0.3 is 0 Å². The van der Waals surface area contributed by atoms with Crippen molar-refractivity contribution < 1.29 is 14.2 Å². The van der Waals surface area contributed by atoms with E-state index in [9.17, 15) is 9.50 Å². The average Bonchev–Trinajstić information content (AvgIpc) is 2.38. The van der Waals surface area contributed by atoms with Crippen LogP contribution in [-0.2, 0) is 5.60 Å². The minimum Gasteiger partial charge on any atom is -0.497 e. The molecule has 0 spiro atoms. The largest absolute Gasteiger partial charge is 0.497 e. The van der Waals surface area contributed by atoms with E-state index in [1.54, 1.807) is 12.1 Å². The summed E-state index contributed by atoms with van der Waals surface area (Å²) < 4.78 is 19.1. The van der Waals surface area contributed by atoms with Gasteiger partial charge in [-0.25, -0.2) is 4.39 Å². The summed E-state index contributed by atoms with van der Waals surface area (Å²) in [6, 6.07) is 4.72. The number of halogens is 1. The van der Waals surface area contributed by atoms with E-state index >= 15 is 0 Å². The van der Waals surface area contributed by atoms with Crippen LogP contribution in [0.5, 0.6) is 5.75 Å². The van der Waals surface area contributed by atoms with Crippen LogP contribution in [-0.4, -0.2) is 12.2 Å². The zero-order valence-electron chi connectivity index (χ0n) is 11.9. The molecule has 2 nitrogen and oxygen atoms in total. The second kappa shape index (κ2) is 5.49. The van der Waals surface area contributed by atoms with Crippen LogP contribution in [0.2, 0.25) is 0 Å². The first kappa shape index (κ1) is 14.3. The Balaban J connectivity index is 2.18. The van der Waals surface area contributed by atoms with Crippen molar-refractivity contribution in [3.63, 3.8) is 0 Å². The summed E-state index contributed by atoms with van der Waals surface area (Å²) in [4.78, 5) is 0. The zero-order chi connectivity index (χ0) is 14.0. The van der Waals surface area contributed by atoms with E-state index in [1.807, 2.05) is 0 Å². The van der Waals surface area contributed by atoms with Gasteiger partial charge in [-0.3, -0.25) is 0 Å². The molecule has 1 fully saturated rings. The van der Waals surface area contributed by atoms with Gasteiger partial charge in [0.2, 0.25) is 0 Å². The first-order chi connectivity index (χ1) is 8.96. The van der Waals surface area contributed by atoms with Gasteiger partial charge in [0.15, 0.2) is 0 Å². The van der Waals surface area contributed by atoms with Crippen molar-refractivity contribution in [2.75, 3.05) is 7.11 Å². The number of rotatable bonds is 3. The molecule has 1 aliphatic carbocycles. The molecule has 0 aromatic heterocycles. The van der Waals surface area contributed by atoms with E-state index in [1.165, 1.54) is 13.2 Å². The molecule has 106 valence electrons. The number of benzene rings is 1. The lowest BCUT2D eigenvalue weighted by Gasteiger charge is -2.38. The quantitative estimate of drug-likeness (QED) is 0.900. The normalized spacial score (nSPS) is 27.6. The molecule has 1 aromatic carbocycles. The first-order valence-corrected chi connectivity index (χ1v) is 7.02. The third-order valence-electron chi connectivity index (χ3n) is 4.48. The highest BCUT2D eigenvalue weighted by atomic mass is 19.1. The Morgan fingerprint density at radius 2 is 1.95 bits per heavy atom. The molecule has 1 aromatic rings. The molecule has 0 atom stereocenters. The molecule has 0 radical (unpaired) electrons. The molecule has 0 amide bonds. The van der Waals surface area contributed by atoms with Crippen molar-refractivity contribution in [2.24, 2.45) is 11.8 Å². The minimum atomic E-state index is -1.01. The molecule has 1 aliphatic rings. The monoisotopic (exact) mass is 266 g/mol. The smallest absolute Gasteiger partial charge is 0.132 e. The van der Waals surface area contributed by atoms with Crippen molar-refractivity contribution in [3.05, 3.63) is 29.6 Å². The van der Waals surface area contributed by atoms with Crippen molar-refractivity contribution in [1.82, 2.24) is 0 Å². The van der Waals surface area contributed by atoms with Gasteiger partial charge in [-0.05, 0) is 49.7 Å².